The molecule has 0 heterocycles. The maximum Gasteiger partial charge on any atom is 0.148 e. The first kappa shape index (κ1) is 10.2. The normalized spacial score (nSPS) is 9.75. The van der Waals surface area contributed by atoms with Crippen LogP contribution in [0, 0.1) is 17.1 Å². The lowest BCUT2D eigenvalue weighted by Crippen LogP contribution is -1.88. The number of nitriles is 1. The van der Waals surface area contributed by atoms with E-state index in [1.54, 1.807) is 30.3 Å². The summed E-state index contributed by atoms with van der Waals surface area (Å²) in [4.78, 5) is 0. The van der Waals surface area contributed by atoms with Crippen molar-refractivity contribution >= 4 is 0 Å². The van der Waals surface area contributed by atoms with Crippen LogP contribution in [-0.2, 0) is 0 Å². The van der Waals surface area contributed by atoms with Gasteiger partial charge in [-0.15, -0.1) is 0 Å². The summed E-state index contributed by atoms with van der Waals surface area (Å²) >= 11 is 0. The van der Waals surface area contributed by atoms with Crippen molar-refractivity contribution < 1.29 is 9.50 Å². The first-order valence-corrected chi connectivity index (χ1v) is 4.70. The van der Waals surface area contributed by atoms with Gasteiger partial charge in [0.05, 0.1) is 5.56 Å². The molecule has 3 heteroatoms. The number of nitrogens with zero attached hydrogens (tertiary/aromatic N) is 1. The predicted octanol–water partition coefficient (Wildman–Crippen LogP) is 3.07. The van der Waals surface area contributed by atoms with Gasteiger partial charge < -0.3 is 5.11 Å². The molecular weight excluding hydrogens is 205 g/mol. The van der Waals surface area contributed by atoms with Gasteiger partial charge in [-0.1, -0.05) is 24.3 Å². The van der Waals surface area contributed by atoms with Crippen LogP contribution in [0.15, 0.2) is 42.5 Å². The van der Waals surface area contributed by atoms with Crippen molar-refractivity contribution in [2.75, 3.05) is 0 Å². The average molecular weight is 213 g/mol. The fourth-order valence-corrected chi connectivity index (χ4v) is 1.48. The molecule has 1 N–H and O–H groups in total. The van der Waals surface area contributed by atoms with Crippen LogP contribution in [0.2, 0.25) is 0 Å². The number of halogens is 1. The van der Waals surface area contributed by atoms with Gasteiger partial charge in [-0.05, 0) is 23.8 Å². The maximum atomic E-state index is 13.8. The van der Waals surface area contributed by atoms with Crippen molar-refractivity contribution in [3.05, 3.63) is 53.8 Å². The molecule has 0 radical (unpaired) electrons. The molecule has 78 valence electrons. The highest BCUT2D eigenvalue weighted by Gasteiger charge is 2.08. The zero-order valence-corrected chi connectivity index (χ0v) is 8.31. The van der Waals surface area contributed by atoms with E-state index < -0.39 is 5.82 Å². The van der Waals surface area contributed by atoms with E-state index in [0.717, 1.165) is 0 Å². The third-order valence-corrected chi connectivity index (χ3v) is 2.30. The molecule has 2 aromatic rings. The Hall–Kier alpha value is -2.34. The molecule has 0 unspecified atom stereocenters. The summed E-state index contributed by atoms with van der Waals surface area (Å²) < 4.78 is 13.8. The minimum Gasteiger partial charge on any atom is -0.508 e. The first-order valence-electron chi connectivity index (χ1n) is 4.70. The predicted molar refractivity (Wildman–Crippen MR) is 58.2 cm³/mol. The lowest BCUT2D eigenvalue weighted by atomic mass is 10.0. The summed E-state index contributed by atoms with van der Waals surface area (Å²) in [5.74, 6) is -0.406. The molecule has 0 aliphatic rings. The third kappa shape index (κ3) is 1.73. The number of rotatable bonds is 1. The first-order chi connectivity index (χ1) is 7.72. The highest BCUT2D eigenvalue weighted by molar-refractivity contribution is 5.66. The van der Waals surface area contributed by atoms with Gasteiger partial charge in [0.2, 0.25) is 0 Å². The third-order valence-electron chi connectivity index (χ3n) is 2.30. The van der Waals surface area contributed by atoms with Crippen LogP contribution in [0.1, 0.15) is 5.56 Å². The van der Waals surface area contributed by atoms with E-state index in [-0.39, 0.29) is 11.3 Å². The Morgan fingerprint density at radius 1 is 1.06 bits per heavy atom. The molecule has 2 nitrogen and oxygen atoms in total. The van der Waals surface area contributed by atoms with Crippen molar-refractivity contribution in [2.45, 2.75) is 0 Å². The maximum absolute atomic E-state index is 13.8. The van der Waals surface area contributed by atoms with Gasteiger partial charge in [0.25, 0.3) is 0 Å². The monoisotopic (exact) mass is 213 g/mol. The minimum absolute atomic E-state index is 0.0191. The Morgan fingerprint density at radius 3 is 2.38 bits per heavy atom. The van der Waals surface area contributed by atoms with E-state index in [0.29, 0.717) is 11.1 Å². The molecule has 0 aliphatic carbocycles. The van der Waals surface area contributed by atoms with Gasteiger partial charge in [-0.25, -0.2) is 4.39 Å². The summed E-state index contributed by atoms with van der Waals surface area (Å²) in [7, 11) is 0. The highest BCUT2D eigenvalue weighted by atomic mass is 19.1. The molecule has 2 rings (SSSR count). The molecule has 0 bridgehead atoms. The topological polar surface area (TPSA) is 44.0 Å². The quantitative estimate of drug-likeness (QED) is 0.791. The molecule has 0 aromatic heterocycles. The highest BCUT2D eigenvalue weighted by Crippen LogP contribution is 2.26. The number of phenols is 1. The molecule has 0 spiro atoms. The van der Waals surface area contributed by atoms with Crippen molar-refractivity contribution in [2.24, 2.45) is 0 Å². The largest absolute Gasteiger partial charge is 0.508 e. The molecule has 16 heavy (non-hydrogen) atoms. The number of benzene rings is 2. The fraction of sp³-hybridized carbons (Fsp3) is 0. The van der Waals surface area contributed by atoms with Crippen molar-refractivity contribution in [3.63, 3.8) is 0 Å². The Labute approximate surface area is 92.2 Å². The zero-order chi connectivity index (χ0) is 11.5. The van der Waals surface area contributed by atoms with E-state index in [1.807, 2.05) is 0 Å². The van der Waals surface area contributed by atoms with E-state index >= 15 is 0 Å². The summed E-state index contributed by atoms with van der Waals surface area (Å²) in [6.45, 7) is 0. The second-order valence-electron chi connectivity index (χ2n) is 3.33. The van der Waals surface area contributed by atoms with Crippen LogP contribution in [0.25, 0.3) is 11.1 Å². The summed E-state index contributed by atoms with van der Waals surface area (Å²) in [5.41, 5.74) is 1.01. The van der Waals surface area contributed by atoms with Crippen LogP contribution in [0.4, 0.5) is 4.39 Å². The number of phenolic OH excluding ortho intramolecular Hbond substituents is 1. The van der Waals surface area contributed by atoms with Crippen LogP contribution in [0.5, 0.6) is 5.75 Å². The molecule has 0 atom stereocenters. The summed E-state index contributed by atoms with van der Waals surface area (Å²) in [5, 5.41) is 17.8. The van der Waals surface area contributed by atoms with Gasteiger partial charge in [-0.3, -0.25) is 0 Å². The van der Waals surface area contributed by atoms with Crippen LogP contribution in [0.3, 0.4) is 0 Å². The van der Waals surface area contributed by atoms with E-state index in [2.05, 4.69) is 0 Å². The van der Waals surface area contributed by atoms with Crippen molar-refractivity contribution in [3.8, 4) is 22.9 Å². The van der Waals surface area contributed by atoms with E-state index in [9.17, 15) is 4.39 Å². The van der Waals surface area contributed by atoms with Crippen molar-refractivity contribution in [1.82, 2.24) is 0 Å². The van der Waals surface area contributed by atoms with Gasteiger partial charge >= 0.3 is 0 Å². The molecule has 2 aromatic carbocycles. The molecule has 0 amide bonds. The minimum atomic E-state index is -0.532. The Bertz CT molecular complexity index is 555. The Morgan fingerprint density at radius 2 is 1.75 bits per heavy atom. The lowest BCUT2D eigenvalue weighted by molar-refractivity contribution is 0.475. The average Bonchev–Trinajstić information content (AvgIpc) is 2.31. The fourth-order valence-electron chi connectivity index (χ4n) is 1.48. The van der Waals surface area contributed by atoms with Gasteiger partial charge in [0.1, 0.15) is 17.6 Å². The number of hydrogen-bond donors (Lipinski definition) is 1. The molecular formula is C13H8FNO. The van der Waals surface area contributed by atoms with E-state index in [4.69, 9.17) is 10.4 Å². The Kier molecular flexibility index (Phi) is 2.57. The van der Waals surface area contributed by atoms with Crippen LogP contribution in [-0.4, -0.2) is 5.11 Å². The van der Waals surface area contributed by atoms with Gasteiger partial charge in [-0.2, -0.15) is 5.26 Å². The number of aromatic hydroxyl groups is 1. The van der Waals surface area contributed by atoms with Crippen LogP contribution >= 0.6 is 0 Å². The van der Waals surface area contributed by atoms with Gasteiger partial charge in [0, 0.05) is 5.56 Å². The SMILES string of the molecule is N#Cc1cccc(-c2ccc(O)cc2)c1F. The van der Waals surface area contributed by atoms with Gasteiger partial charge in [0.15, 0.2) is 0 Å². The summed E-state index contributed by atoms with van der Waals surface area (Å²) in [6.07, 6.45) is 0. The molecule has 0 saturated carbocycles. The van der Waals surface area contributed by atoms with Crippen LogP contribution < -0.4 is 0 Å². The molecule has 0 aliphatic heterocycles. The number of hydrogen-bond acceptors (Lipinski definition) is 2. The zero-order valence-electron chi connectivity index (χ0n) is 8.31. The van der Waals surface area contributed by atoms with E-state index in [1.165, 1.54) is 18.2 Å². The lowest BCUT2D eigenvalue weighted by Gasteiger charge is -2.04. The Balaban J connectivity index is 2.57. The second-order valence-corrected chi connectivity index (χ2v) is 3.33. The standard InChI is InChI=1S/C13H8FNO/c14-13-10(8-15)2-1-3-12(13)9-4-6-11(16)7-5-9/h1-7,16H. The summed E-state index contributed by atoms with van der Waals surface area (Å²) in [6, 6.07) is 12.6. The second kappa shape index (κ2) is 4.03. The smallest absolute Gasteiger partial charge is 0.148 e. The van der Waals surface area contributed by atoms with Crippen molar-refractivity contribution in [1.29, 1.82) is 5.26 Å². The molecule has 0 saturated heterocycles. The molecule has 0 fully saturated rings.